The van der Waals surface area contributed by atoms with E-state index in [2.05, 4.69) is 6.07 Å². The van der Waals surface area contributed by atoms with E-state index < -0.39 is 6.10 Å². The van der Waals surface area contributed by atoms with Gasteiger partial charge in [-0.25, -0.2) is 0 Å². The van der Waals surface area contributed by atoms with Crippen LogP contribution in [0.1, 0.15) is 25.0 Å². The number of benzene rings is 1. The van der Waals surface area contributed by atoms with Gasteiger partial charge in [0, 0.05) is 31.5 Å². The molecule has 1 aromatic rings. The van der Waals surface area contributed by atoms with Crippen LogP contribution in [0.5, 0.6) is 5.75 Å². The number of aliphatic hydroxyl groups excluding tert-OH is 1. The second-order valence-corrected chi connectivity index (χ2v) is 4.46. The molecule has 0 aliphatic carbocycles. The van der Waals surface area contributed by atoms with Crippen molar-refractivity contribution >= 4 is 5.69 Å². The third kappa shape index (κ3) is 4.12. The zero-order chi connectivity index (χ0) is 15.0. The van der Waals surface area contributed by atoms with E-state index in [4.69, 9.17) is 14.7 Å². The summed E-state index contributed by atoms with van der Waals surface area (Å²) in [5.41, 5.74) is 1.62. The highest BCUT2D eigenvalue weighted by Gasteiger charge is 2.18. The first-order chi connectivity index (χ1) is 9.65. The second kappa shape index (κ2) is 8.41. The predicted octanol–water partition coefficient (Wildman–Crippen LogP) is 2.11. The average Bonchev–Trinajstić information content (AvgIpc) is 2.46. The summed E-state index contributed by atoms with van der Waals surface area (Å²) in [6.45, 7) is 3.51. The fourth-order valence-electron chi connectivity index (χ4n) is 2.15. The maximum Gasteiger partial charge on any atom is 0.126 e. The van der Waals surface area contributed by atoms with Crippen LogP contribution in [-0.4, -0.2) is 39.0 Å². The van der Waals surface area contributed by atoms with Crippen molar-refractivity contribution in [2.75, 3.05) is 38.8 Å². The summed E-state index contributed by atoms with van der Waals surface area (Å²) < 4.78 is 10.4. The lowest BCUT2D eigenvalue weighted by atomic mass is 10.1. The molecule has 0 aromatic heterocycles. The van der Waals surface area contributed by atoms with Gasteiger partial charge in [0.25, 0.3) is 0 Å². The smallest absolute Gasteiger partial charge is 0.126 e. The minimum Gasteiger partial charge on any atom is -0.496 e. The molecule has 1 aromatic carbocycles. The van der Waals surface area contributed by atoms with Crippen molar-refractivity contribution in [3.05, 3.63) is 23.8 Å². The number of hydrogen-bond donors (Lipinski definition) is 1. The van der Waals surface area contributed by atoms with Gasteiger partial charge in [-0.1, -0.05) is 6.07 Å². The van der Waals surface area contributed by atoms with Gasteiger partial charge in [-0.05, 0) is 19.1 Å². The number of nitriles is 1. The minimum atomic E-state index is -0.645. The Labute approximate surface area is 120 Å². The van der Waals surface area contributed by atoms with Crippen LogP contribution >= 0.6 is 0 Å². The maximum absolute atomic E-state index is 10.0. The van der Waals surface area contributed by atoms with Crippen molar-refractivity contribution in [3.63, 3.8) is 0 Å². The summed E-state index contributed by atoms with van der Waals surface area (Å²) in [6, 6.07) is 7.78. The van der Waals surface area contributed by atoms with Crippen LogP contribution in [0.3, 0.4) is 0 Å². The van der Waals surface area contributed by atoms with Gasteiger partial charge in [-0.15, -0.1) is 0 Å². The zero-order valence-corrected chi connectivity index (χ0v) is 12.3. The molecule has 1 atom stereocenters. The highest BCUT2D eigenvalue weighted by Crippen LogP contribution is 2.34. The van der Waals surface area contributed by atoms with E-state index in [0.29, 0.717) is 31.9 Å². The van der Waals surface area contributed by atoms with Gasteiger partial charge in [0.05, 0.1) is 32.3 Å². The molecule has 0 heterocycles. The van der Waals surface area contributed by atoms with E-state index in [1.807, 2.05) is 23.1 Å². The number of aliphatic hydroxyl groups is 1. The molecule has 5 nitrogen and oxygen atoms in total. The van der Waals surface area contributed by atoms with Crippen LogP contribution in [0.15, 0.2) is 18.2 Å². The molecule has 5 heteroatoms. The standard InChI is InChI=1S/C15H22N2O3/c1-12(18)15-13(6-4-7-14(15)20-3)17(9-5-8-16)10-11-19-2/h4,6-7,12,18H,5,9-11H2,1-3H3. The molecule has 0 radical (unpaired) electrons. The Balaban J connectivity index is 3.13. The highest BCUT2D eigenvalue weighted by molar-refractivity contribution is 5.60. The first-order valence-electron chi connectivity index (χ1n) is 6.61. The molecule has 0 amide bonds. The molecule has 0 saturated heterocycles. The van der Waals surface area contributed by atoms with Gasteiger partial charge in [-0.3, -0.25) is 0 Å². The Hall–Kier alpha value is -1.77. The predicted molar refractivity (Wildman–Crippen MR) is 77.9 cm³/mol. The Kier molecular flexibility index (Phi) is 6.85. The lowest BCUT2D eigenvalue weighted by Gasteiger charge is -2.28. The summed E-state index contributed by atoms with van der Waals surface area (Å²) in [5, 5.41) is 18.8. The summed E-state index contributed by atoms with van der Waals surface area (Å²) in [4.78, 5) is 2.04. The Morgan fingerprint density at radius 3 is 2.65 bits per heavy atom. The summed E-state index contributed by atoms with van der Waals surface area (Å²) in [5.74, 6) is 0.650. The molecule has 0 aliphatic rings. The molecule has 0 spiro atoms. The van der Waals surface area contributed by atoms with Crippen LogP contribution in [0.25, 0.3) is 0 Å². The van der Waals surface area contributed by atoms with Crippen molar-refractivity contribution in [2.45, 2.75) is 19.4 Å². The van der Waals surface area contributed by atoms with Gasteiger partial charge >= 0.3 is 0 Å². The minimum absolute atomic E-state index is 0.417. The lowest BCUT2D eigenvalue weighted by molar-refractivity contribution is 0.193. The molecule has 0 saturated carbocycles. The first-order valence-corrected chi connectivity index (χ1v) is 6.61. The summed E-state index contributed by atoms with van der Waals surface area (Å²) >= 11 is 0. The first kappa shape index (κ1) is 16.3. The number of nitrogens with zero attached hydrogens (tertiary/aromatic N) is 2. The lowest BCUT2D eigenvalue weighted by Crippen LogP contribution is -2.29. The molecular formula is C15H22N2O3. The Morgan fingerprint density at radius 2 is 2.10 bits per heavy atom. The Morgan fingerprint density at radius 1 is 1.35 bits per heavy atom. The normalized spacial score (nSPS) is 11.8. The fraction of sp³-hybridized carbons (Fsp3) is 0.533. The molecule has 0 fully saturated rings. The van der Waals surface area contributed by atoms with Crippen LogP contribution in [0.2, 0.25) is 0 Å². The molecule has 110 valence electrons. The van der Waals surface area contributed by atoms with Gasteiger partial charge in [0.15, 0.2) is 0 Å². The highest BCUT2D eigenvalue weighted by atomic mass is 16.5. The van der Waals surface area contributed by atoms with E-state index in [9.17, 15) is 5.11 Å². The van der Waals surface area contributed by atoms with E-state index in [1.165, 1.54) is 0 Å². The molecule has 0 aliphatic heterocycles. The molecule has 1 rings (SSSR count). The largest absolute Gasteiger partial charge is 0.496 e. The SMILES string of the molecule is COCCN(CCC#N)c1cccc(OC)c1C(C)O. The monoisotopic (exact) mass is 278 g/mol. The summed E-state index contributed by atoms with van der Waals surface area (Å²) in [6.07, 6.45) is -0.228. The van der Waals surface area contributed by atoms with Crippen LogP contribution in [0.4, 0.5) is 5.69 Å². The van der Waals surface area contributed by atoms with Gasteiger partial charge < -0.3 is 19.5 Å². The van der Waals surface area contributed by atoms with Crippen molar-refractivity contribution in [3.8, 4) is 11.8 Å². The van der Waals surface area contributed by atoms with E-state index >= 15 is 0 Å². The quantitative estimate of drug-likeness (QED) is 0.789. The number of ether oxygens (including phenoxy) is 2. The third-order valence-electron chi connectivity index (χ3n) is 3.08. The second-order valence-electron chi connectivity index (χ2n) is 4.46. The van der Waals surface area contributed by atoms with Gasteiger partial charge in [0.1, 0.15) is 5.75 Å². The number of rotatable bonds is 8. The average molecular weight is 278 g/mol. The third-order valence-corrected chi connectivity index (χ3v) is 3.08. The van der Waals surface area contributed by atoms with Crippen molar-refractivity contribution in [1.82, 2.24) is 0 Å². The fourth-order valence-corrected chi connectivity index (χ4v) is 2.15. The maximum atomic E-state index is 10.0. The summed E-state index contributed by atoms with van der Waals surface area (Å²) in [7, 11) is 3.23. The van der Waals surface area contributed by atoms with Crippen LogP contribution in [-0.2, 0) is 4.74 Å². The molecule has 1 N–H and O–H groups in total. The van der Waals surface area contributed by atoms with Crippen molar-refractivity contribution < 1.29 is 14.6 Å². The number of methoxy groups -OCH3 is 2. The van der Waals surface area contributed by atoms with E-state index in [0.717, 1.165) is 11.3 Å². The van der Waals surface area contributed by atoms with Gasteiger partial charge in [0.2, 0.25) is 0 Å². The van der Waals surface area contributed by atoms with Gasteiger partial charge in [-0.2, -0.15) is 5.26 Å². The molecule has 0 bridgehead atoms. The molecular weight excluding hydrogens is 256 g/mol. The zero-order valence-electron chi connectivity index (χ0n) is 12.3. The molecule has 1 unspecified atom stereocenters. The van der Waals surface area contributed by atoms with Crippen LogP contribution in [0, 0.1) is 11.3 Å². The van der Waals surface area contributed by atoms with Crippen molar-refractivity contribution in [2.24, 2.45) is 0 Å². The van der Waals surface area contributed by atoms with Crippen molar-refractivity contribution in [1.29, 1.82) is 5.26 Å². The van der Waals surface area contributed by atoms with Crippen LogP contribution < -0.4 is 9.64 Å². The number of hydrogen-bond acceptors (Lipinski definition) is 5. The van der Waals surface area contributed by atoms with E-state index in [1.54, 1.807) is 21.1 Å². The topological polar surface area (TPSA) is 65.7 Å². The Bertz CT molecular complexity index is 455. The number of anilines is 1. The van der Waals surface area contributed by atoms with E-state index in [-0.39, 0.29) is 0 Å². The molecule has 20 heavy (non-hydrogen) atoms.